The van der Waals surface area contributed by atoms with Crippen molar-refractivity contribution in [3.63, 3.8) is 0 Å². The Hall–Kier alpha value is -4.08. The summed E-state index contributed by atoms with van der Waals surface area (Å²) >= 11 is 0. The van der Waals surface area contributed by atoms with Gasteiger partial charge in [0.05, 0.1) is 12.1 Å². The first-order chi connectivity index (χ1) is 16.6. The lowest BCUT2D eigenvalue weighted by atomic mass is 9.96. The Bertz CT molecular complexity index is 1380. The summed E-state index contributed by atoms with van der Waals surface area (Å²) in [5.74, 6) is -0.788. The van der Waals surface area contributed by atoms with E-state index in [-0.39, 0.29) is 35.2 Å². The standard InChI is InChI=1S/C25H20F3N5O2/c1-2-4-14-5-3-6-17(11-14)33-19(34)12-18-20(21(29)35)31-22(32-23(18)33)15-7-9-16(10-8-15)24(13-30-24)25(26,27)28/h3,5-11,13H,2,4,12H2,1H3,(H2,29,35). The summed E-state index contributed by atoms with van der Waals surface area (Å²) in [5, 5.41) is 0. The molecular formula is C25H20F3N5O2. The van der Waals surface area contributed by atoms with Crippen LogP contribution in [0.5, 0.6) is 0 Å². The first kappa shape index (κ1) is 22.7. The molecule has 35 heavy (non-hydrogen) atoms. The molecular weight excluding hydrogens is 459 g/mol. The molecule has 0 spiro atoms. The van der Waals surface area contributed by atoms with Crippen molar-refractivity contribution in [2.24, 2.45) is 10.7 Å². The minimum atomic E-state index is -4.54. The molecule has 1 atom stereocenters. The Morgan fingerprint density at radius 3 is 2.46 bits per heavy atom. The van der Waals surface area contributed by atoms with Crippen molar-refractivity contribution in [2.45, 2.75) is 37.9 Å². The molecule has 2 aliphatic rings. The molecule has 2 aliphatic heterocycles. The number of benzene rings is 2. The smallest absolute Gasteiger partial charge is 0.364 e. The second kappa shape index (κ2) is 8.00. The van der Waals surface area contributed by atoms with Gasteiger partial charge in [0.2, 0.25) is 11.4 Å². The second-order valence-electron chi connectivity index (χ2n) is 8.49. The average molecular weight is 479 g/mol. The number of aliphatic imine (C=N–C) groups is 1. The Kier molecular flexibility index (Phi) is 5.19. The molecule has 0 fully saturated rings. The topological polar surface area (TPSA) is 102 Å². The number of nitrogens with zero attached hydrogens (tertiary/aromatic N) is 4. The predicted molar refractivity (Wildman–Crippen MR) is 123 cm³/mol. The van der Waals surface area contributed by atoms with Gasteiger partial charge in [-0.3, -0.25) is 19.5 Å². The fourth-order valence-corrected chi connectivity index (χ4v) is 4.30. The molecule has 2 amide bonds. The first-order valence-electron chi connectivity index (χ1n) is 11.0. The number of anilines is 2. The van der Waals surface area contributed by atoms with Gasteiger partial charge >= 0.3 is 6.18 Å². The van der Waals surface area contributed by atoms with Crippen LogP contribution in [0.25, 0.3) is 11.4 Å². The molecule has 0 radical (unpaired) electrons. The van der Waals surface area contributed by atoms with Crippen LogP contribution in [0.1, 0.15) is 40.5 Å². The Morgan fingerprint density at radius 1 is 1.14 bits per heavy atom. The molecule has 0 aliphatic carbocycles. The number of alkyl halides is 3. The zero-order chi connectivity index (χ0) is 25.0. The van der Waals surface area contributed by atoms with E-state index in [9.17, 15) is 22.8 Å². The van der Waals surface area contributed by atoms with Gasteiger partial charge < -0.3 is 5.73 Å². The van der Waals surface area contributed by atoms with E-state index in [0.29, 0.717) is 16.8 Å². The number of halogens is 3. The highest BCUT2D eigenvalue weighted by molar-refractivity contribution is 6.09. The fourth-order valence-electron chi connectivity index (χ4n) is 4.30. The number of carbonyl (C=O) groups is 2. The van der Waals surface area contributed by atoms with Crippen molar-refractivity contribution in [3.05, 3.63) is 70.9 Å². The van der Waals surface area contributed by atoms with Gasteiger partial charge in [-0.1, -0.05) is 49.7 Å². The summed E-state index contributed by atoms with van der Waals surface area (Å²) in [7, 11) is 0. The third-order valence-corrected chi connectivity index (χ3v) is 6.12. The van der Waals surface area contributed by atoms with Gasteiger partial charge in [0.15, 0.2) is 5.82 Å². The summed E-state index contributed by atoms with van der Waals surface area (Å²) in [4.78, 5) is 38.8. The number of primary amides is 1. The predicted octanol–water partition coefficient (Wildman–Crippen LogP) is 4.26. The first-order valence-corrected chi connectivity index (χ1v) is 11.0. The summed E-state index contributed by atoms with van der Waals surface area (Å²) in [6.07, 6.45) is -2.00. The molecule has 1 aromatic heterocycles. The number of amides is 2. The van der Waals surface area contributed by atoms with Crippen LogP contribution in [0.2, 0.25) is 0 Å². The van der Waals surface area contributed by atoms with Crippen LogP contribution in [0.4, 0.5) is 24.7 Å². The van der Waals surface area contributed by atoms with Gasteiger partial charge in [-0.05, 0) is 29.7 Å². The van der Waals surface area contributed by atoms with Crippen LogP contribution < -0.4 is 10.6 Å². The van der Waals surface area contributed by atoms with Crippen molar-refractivity contribution in [2.75, 3.05) is 4.90 Å². The number of fused-ring (bicyclic) bond motifs is 1. The normalized spacial score (nSPS) is 18.6. The quantitative estimate of drug-likeness (QED) is 0.571. The van der Waals surface area contributed by atoms with Gasteiger partial charge in [-0.2, -0.15) is 13.2 Å². The minimum absolute atomic E-state index is 0.0328. The number of carbonyl (C=O) groups excluding carboxylic acids is 2. The largest absolute Gasteiger partial charge is 0.422 e. The lowest BCUT2D eigenvalue weighted by molar-refractivity contribution is -0.156. The Morgan fingerprint density at radius 2 is 1.86 bits per heavy atom. The van der Waals surface area contributed by atoms with Crippen molar-refractivity contribution in [1.29, 1.82) is 0 Å². The number of hydrogen-bond acceptors (Lipinski definition) is 5. The maximum absolute atomic E-state index is 13.4. The van der Waals surface area contributed by atoms with E-state index in [0.717, 1.165) is 24.6 Å². The number of aryl methyl sites for hydroxylation is 1. The monoisotopic (exact) mass is 479 g/mol. The molecule has 2 N–H and O–H groups in total. The molecule has 3 heterocycles. The maximum atomic E-state index is 13.4. The third-order valence-electron chi connectivity index (χ3n) is 6.12. The molecule has 0 saturated carbocycles. The van der Waals surface area contributed by atoms with Crippen molar-refractivity contribution < 1.29 is 22.8 Å². The lowest BCUT2D eigenvalue weighted by Gasteiger charge is -2.19. The van der Waals surface area contributed by atoms with E-state index >= 15 is 0 Å². The van der Waals surface area contributed by atoms with E-state index in [1.165, 1.54) is 29.2 Å². The van der Waals surface area contributed by atoms with Gasteiger partial charge in [0.25, 0.3) is 5.91 Å². The lowest BCUT2D eigenvalue weighted by Crippen LogP contribution is -2.31. The van der Waals surface area contributed by atoms with Crippen LogP contribution in [-0.2, 0) is 23.2 Å². The van der Waals surface area contributed by atoms with Gasteiger partial charge in [-0.25, -0.2) is 9.97 Å². The summed E-state index contributed by atoms with van der Waals surface area (Å²) in [5.41, 5.74) is 5.49. The molecule has 3 aromatic rings. The van der Waals surface area contributed by atoms with Crippen molar-refractivity contribution >= 4 is 29.5 Å². The number of nitrogens with two attached hydrogens (primary N) is 1. The van der Waals surface area contributed by atoms with Crippen LogP contribution in [0.15, 0.2) is 53.5 Å². The van der Waals surface area contributed by atoms with E-state index in [1.54, 1.807) is 6.07 Å². The highest BCUT2D eigenvalue weighted by atomic mass is 19.4. The summed E-state index contributed by atoms with van der Waals surface area (Å²) in [6.45, 7) is 2.05. The zero-order valence-corrected chi connectivity index (χ0v) is 18.6. The average Bonchev–Trinajstić information content (AvgIpc) is 3.57. The SMILES string of the molecule is CCCc1cccc(N2C(=O)Cc3c(C(N)=O)nc(-c4ccc(C5(C(F)(F)F)C=N5)cc4)nc32)c1. The Balaban J connectivity index is 1.58. The van der Waals surface area contributed by atoms with Crippen LogP contribution in [0.3, 0.4) is 0 Å². The van der Waals surface area contributed by atoms with Crippen molar-refractivity contribution in [3.8, 4) is 11.4 Å². The molecule has 7 nitrogen and oxygen atoms in total. The molecule has 5 rings (SSSR count). The van der Waals surface area contributed by atoms with Gasteiger partial charge in [0, 0.05) is 17.3 Å². The van der Waals surface area contributed by atoms with Gasteiger partial charge in [-0.15, -0.1) is 0 Å². The highest BCUT2D eigenvalue weighted by Crippen LogP contribution is 2.48. The number of hydrogen-bond donors (Lipinski definition) is 1. The zero-order valence-electron chi connectivity index (χ0n) is 18.6. The molecule has 0 saturated heterocycles. The van der Waals surface area contributed by atoms with Gasteiger partial charge in [0.1, 0.15) is 11.5 Å². The Labute approximate surface area is 198 Å². The summed E-state index contributed by atoms with van der Waals surface area (Å²) < 4.78 is 40.1. The van der Waals surface area contributed by atoms with Crippen LogP contribution in [-0.4, -0.2) is 34.2 Å². The third kappa shape index (κ3) is 3.74. The minimum Gasteiger partial charge on any atom is -0.364 e. The molecule has 0 bridgehead atoms. The fraction of sp³-hybridized carbons (Fsp3) is 0.240. The summed E-state index contributed by atoms with van der Waals surface area (Å²) in [6, 6.07) is 12.9. The van der Waals surface area contributed by atoms with E-state index in [4.69, 9.17) is 5.73 Å². The number of aromatic nitrogens is 2. The highest BCUT2D eigenvalue weighted by Gasteiger charge is 2.61. The maximum Gasteiger partial charge on any atom is 0.422 e. The molecule has 1 unspecified atom stereocenters. The number of rotatable bonds is 6. The van der Waals surface area contributed by atoms with Crippen LogP contribution in [0, 0.1) is 0 Å². The molecule has 2 aromatic carbocycles. The van der Waals surface area contributed by atoms with E-state index < -0.39 is 17.6 Å². The second-order valence-corrected chi connectivity index (χ2v) is 8.49. The molecule has 10 heteroatoms. The van der Waals surface area contributed by atoms with Crippen LogP contribution >= 0.6 is 0 Å². The molecule has 178 valence electrons. The van der Waals surface area contributed by atoms with E-state index in [2.05, 4.69) is 21.9 Å². The van der Waals surface area contributed by atoms with Crippen molar-refractivity contribution in [1.82, 2.24) is 9.97 Å². The van der Waals surface area contributed by atoms with E-state index in [1.807, 2.05) is 18.2 Å².